The Balaban J connectivity index is -0.000000245. The monoisotopic (exact) mass is 1010 g/mol. The number of nitrogens with zero attached hydrogens (tertiary/aromatic N) is 1. The summed E-state index contributed by atoms with van der Waals surface area (Å²) in [5, 5.41) is 25.9. The lowest BCUT2D eigenvalue weighted by atomic mass is 10.2. The highest BCUT2D eigenvalue weighted by Gasteiger charge is 2.08. The van der Waals surface area contributed by atoms with Crippen molar-refractivity contribution in [2.75, 3.05) is 52.9 Å². The van der Waals surface area contributed by atoms with Gasteiger partial charge in [0.15, 0.2) is 0 Å². The van der Waals surface area contributed by atoms with E-state index in [1.54, 1.807) is 0 Å². The highest BCUT2D eigenvalue weighted by Crippen LogP contribution is 2.17. The molecule has 0 amide bonds. The molecule has 0 saturated carbocycles. The number of nitro benzene ring substituents is 1. The molecule has 2 aromatic rings. The van der Waals surface area contributed by atoms with Gasteiger partial charge in [-0.2, -0.15) is 0 Å². The maximum absolute atomic E-state index is 11.0. The third-order valence-electron chi connectivity index (χ3n) is 5.48. The van der Waals surface area contributed by atoms with Crippen LogP contribution in [0.15, 0.2) is 156 Å². The SMILES string of the molecule is C=CCOC(=O)O.C=CCOC(=O)O.C=CCOC(=O)OCC(C)C.C=CCOC(=O)OCC=C.C=CCOC(=O)OCc1ccccc1.C=CCOC(=O)Oc1ccc([N+](=O)[O-])cc1.C=COC(C)=O. The third kappa shape index (κ3) is 63.0. The van der Waals surface area contributed by atoms with Crippen LogP contribution in [-0.4, -0.2) is 111 Å². The standard InChI is InChI=1S/C11H12O3.C10H9NO5.C8H14O3.C7H10O3.2C4H6O3.C4H6O2/c1-2-8-13-11(12)14-9-10-6-4-3-5-7-10;1-2-7-15-10(12)16-9-5-3-8(4-6-9)11(13)14;1-4-5-10-8(9)11-6-7(2)3;1-3-5-9-7(8)10-6-4-2;2*1-2-3-7-4(5)6;1-3-6-4(2)5/h2-7H,1,8-9H2;2-6H,1,7H2;4,7H,1,5-6H2,2-3H3;3-4H,1-2,5-6H2;2*2H,1,3H2,(H,5,6);3H,1H2,2H3. The number of carbonyl (C=O) groups is 7. The minimum Gasteiger partial charge on any atom is -0.450 e. The molecule has 2 N–H and O–H groups in total. The molecule has 71 heavy (non-hydrogen) atoms. The maximum atomic E-state index is 11.0. The molecule has 0 fully saturated rings. The van der Waals surface area contributed by atoms with Gasteiger partial charge in [0.2, 0.25) is 0 Å². The second kappa shape index (κ2) is 53.5. The summed E-state index contributed by atoms with van der Waals surface area (Å²) in [4.78, 5) is 81.4. The van der Waals surface area contributed by atoms with Gasteiger partial charge in [-0.1, -0.05) is 139 Å². The fraction of sp³-hybridized carbons (Fsp3) is 0.271. The molecule has 0 unspecified atom stereocenters. The third-order valence-corrected chi connectivity index (χ3v) is 5.48. The van der Waals surface area contributed by atoms with E-state index in [4.69, 9.17) is 24.4 Å². The lowest BCUT2D eigenvalue weighted by molar-refractivity contribution is -0.384. The summed E-state index contributed by atoms with van der Waals surface area (Å²) >= 11 is 0. The topological polar surface area (TPSA) is 305 Å². The number of non-ortho nitro benzene ring substituents is 1. The van der Waals surface area contributed by atoms with E-state index >= 15 is 0 Å². The van der Waals surface area contributed by atoms with Crippen LogP contribution in [0.25, 0.3) is 0 Å². The number of carboxylic acid groups (broad SMARTS) is 2. The van der Waals surface area contributed by atoms with Gasteiger partial charge in [0.05, 0.1) is 17.8 Å². The predicted molar refractivity (Wildman–Crippen MR) is 258 cm³/mol. The van der Waals surface area contributed by atoms with E-state index in [0.29, 0.717) is 12.5 Å². The zero-order valence-electron chi connectivity index (χ0n) is 39.9. The van der Waals surface area contributed by atoms with Crippen molar-refractivity contribution < 1.29 is 101 Å². The van der Waals surface area contributed by atoms with E-state index in [2.05, 4.69) is 90.5 Å². The van der Waals surface area contributed by atoms with Crippen LogP contribution in [0.2, 0.25) is 0 Å². The van der Waals surface area contributed by atoms with Crippen LogP contribution in [0.3, 0.4) is 0 Å². The summed E-state index contributed by atoms with van der Waals surface area (Å²) < 4.78 is 49.1. The fourth-order valence-electron chi connectivity index (χ4n) is 2.85. The number of carbonyl (C=O) groups excluding carboxylic acids is 5. The Morgan fingerprint density at radius 1 is 0.535 bits per heavy atom. The molecule has 0 aliphatic rings. The lowest BCUT2D eigenvalue weighted by Gasteiger charge is -2.05. The number of nitro groups is 1. The first-order valence-corrected chi connectivity index (χ1v) is 20.0. The zero-order valence-corrected chi connectivity index (χ0v) is 39.9. The molecule has 0 atom stereocenters. The summed E-state index contributed by atoms with van der Waals surface area (Å²) in [6, 6.07) is 14.5. The summed E-state index contributed by atoms with van der Waals surface area (Å²) in [6.07, 6.45) is 5.76. The van der Waals surface area contributed by atoms with E-state index in [-0.39, 0.29) is 70.3 Å². The second-order valence-electron chi connectivity index (χ2n) is 11.8. The summed E-state index contributed by atoms with van der Waals surface area (Å²) in [5.41, 5.74) is 0.856. The maximum Gasteiger partial charge on any atom is 0.514 e. The molecule has 0 bridgehead atoms. The van der Waals surface area contributed by atoms with Crippen molar-refractivity contribution in [3.63, 3.8) is 0 Å². The van der Waals surface area contributed by atoms with E-state index in [1.807, 2.05) is 44.2 Å². The molecular formula is C48H63NO22. The van der Waals surface area contributed by atoms with Gasteiger partial charge in [0, 0.05) is 19.1 Å². The van der Waals surface area contributed by atoms with Gasteiger partial charge in [-0.05, 0) is 23.6 Å². The Kier molecular flexibility index (Phi) is 53.4. The molecular weight excluding hydrogens is 943 g/mol. The quantitative estimate of drug-likeness (QED) is 0.0223. The molecule has 23 nitrogen and oxygen atoms in total. The Bertz CT molecular complexity index is 1840. The van der Waals surface area contributed by atoms with Gasteiger partial charge >= 0.3 is 42.9 Å². The van der Waals surface area contributed by atoms with Crippen molar-refractivity contribution in [1.82, 2.24) is 0 Å². The van der Waals surface area contributed by atoms with E-state index in [1.165, 1.54) is 73.7 Å². The summed E-state index contributed by atoms with van der Waals surface area (Å²) in [5.74, 6) is 0.191. The largest absolute Gasteiger partial charge is 0.514 e. The van der Waals surface area contributed by atoms with Crippen LogP contribution in [-0.2, 0) is 58.8 Å². The van der Waals surface area contributed by atoms with Gasteiger partial charge in [0.25, 0.3) is 5.69 Å². The molecule has 0 saturated heterocycles. The Labute approximate surface area is 412 Å². The average Bonchev–Trinajstić information content (AvgIpc) is 3.34. The lowest BCUT2D eigenvalue weighted by Crippen LogP contribution is -2.11. The van der Waals surface area contributed by atoms with Crippen molar-refractivity contribution in [2.24, 2.45) is 5.92 Å². The molecule has 0 heterocycles. The first-order valence-electron chi connectivity index (χ1n) is 20.0. The Morgan fingerprint density at radius 3 is 1.18 bits per heavy atom. The normalized spacial score (nSPS) is 8.51. The number of esters is 1. The van der Waals surface area contributed by atoms with E-state index < -0.39 is 41.9 Å². The molecule has 2 aromatic carbocycles. The first kappa shape index (κ1) is 70.9. The highest BCUT2D eigenvalue weighted by atomic mass is 16.7. The van der Waals surface area contributed by atoms with Crippen LogP contribution in [0, 0.1) is 16.0 Å². The number of hydrogen-bond acceptors (Lipinski definition) is 20. The molecule has 0 aliphatic carbocycles. The highest BCUT2D eigenvalue weighted by molar-refractivity contribution is 5.66. The van der Waals surface area contributed by atoms with Crippen molar-refractivity contribution in [3.8, 4) is 5.75 Å². The van der Waals surface area contributed by atoms with E-state index in [9.17, 15) is 43.7 Å². The molecule has 0 spiro atoms. The number of benzene rings is 2. The summed E-state index contributed by atoms with van der Waals surface area (Å²) in [6.45, 7) is 33.3. The van der Waals surface area contributed by atoms with Crippen LogP contribution < -0.4 is 4.74 Å². The number of ether oxygens (including phenoxy) is 11. The van der Waals surface area contributed by atoms with Crippen molar-refractivity contribution in [3.05, 3.63) is 172 Å². The Hall–Kier alpha value is -9.15. The number of hydrogen-bond donors (Lipinski definition) is 2. The summed E-state index contributed by atoms with van der Waals surface area (Å²) in [7, 11) is 0. The van der Waals surface area contributed by atoms with Crippen molar-refractivity contribution in [2.45, 2.75) is 27.4 Å². The number of rotatable bonds is 21. The minimum absolute atomic E-state index is 0.0474. The molecule has 0 aliphatic heterocycles. The van der Waals surface area contributed by atoms with Crippen LogP contribution in [0.4, 0.5) is 34.5 Å². The second-order valence-corrected chi connectivity index (χ2v) is 11.8. The van der Waals surface area contributed by atoms with Crippen LogP contribution >= 0.6 is 0 Å². The van der Waals surface area contributed by atoms with Gasteiger partial charge < -0.3 is 62.3 Å². The average molecular weight is 1010 g/mol. The Morgan fingerprint density at radius 2 is 0.887 bits per heavy atom. The molecule has 0 radical (unpaired) electrons. The molecule has 2 rings (SSSR count). The van der Waals surface area contributed by atoms with Crippen molar-refractivity contribution in [1.29, 1.82) is 0 Å². The zero-order chi connectivity index (χ0) is 55.1. The fourth-order valence-corrected chi connectivity index (χ4v) is 2.85. The van der Waals surface area contributed by atoms with Gasteiger partial charge in [-0.25, -0.2) is 28.8 Å². The van der Waals surface area contributed by atoms with Gasteiger partial charge in [-0.3, -0.25) is 14.9 Å². The predicted octanol–water partition coefficient (Wildman–Crippen LogP) is 10.7. The van der Waals surface area contributed by atoms with Crippen molar-refractivity contribution >= 4 is 48.6 Å². The van der Waals surface area contributed by atoms with Crippen LogP contribution in [0.1, 0.15) is 26.3 Å². The van der Waals surface area contributed by atoms with Gasteiger partial charge in [-0.15, -0.1) is 0 Å². The smallest absolute Gasteiger partial charge is 0.450 e. The first-order chi connectivity index (χ1) is 33.7. The molecule has 23 heteroatoms. The van der Waals surface area contributed by atoms with E-state index in [0.717, 1.165) is 11.8 Å². The van der Waals surface area contributed by atoms with Crippen LogP contribution in [0.5, 0.6) is 5.75 Å². The molecule has 0 aromatic heterocycles. The molecule has 392 valence electrons. The van der Waals surface area contributed by atoms with Gasteiger partial charge in [0.1, 0.15) is 58.6 Å². The minimum atomic E-state index is -1.26.